The van der Waals surface area contributed by atoms with Gasteiger partial charge in [0.25, 0.3) is 11.1 Å². The van der Waals surface area contributed by atoms with Crippen molar-refractivity contribution in [2.45, 2.75) is 20.4 Å². The third kappa shape index (κ3) is 3.56. The number of rotatable bonds is 4. The van der Waals surface area contributed by atoms with Crippen LogP contribution in [0.5, 0.6) is 0 Å². The fourth-order valence-corrected chi connectivity index (χ4v) is 4.26. The van der Waals surface area contributed by atoms with Crippen LogP contribution in [0.3, 0.4) is 0 Å². The number of thioether (sulfide) groups is 1. The zero-order chi connectivity index (χ0) is 21.3. The van der Waals surface area contributed by atoms with Gasteiger partial charge in [-0.2, -0.15) is 5.26 Å². The summed E-state index contributed by atoms with van der Waals surface area (Å²) in [6.07, 6.45) is 3.70. The number of nitrogens with zero attached hydrogens (tertiary/aromatic N) is 3. The van der Waals surface area contributed by atoms with Crippen molar-refractivity contribution in [1.82, 2.24) is 9.47 Å². The molecule has 1 aliphatic heterocycles. The van der Waals surface area contributed by atoms with E-state index < -0.39 is 0 Å². The van der Waals surface area contributed by atoms with Gasteiger partial charge in [-0.15, -0.1) is 0 Å². The molecule has 1 fully saturated rings. The first-order valence-electron chi connectivity index (χ1n) is 9.47. The van der Waals surface area contributed by atoms with Crippen LogP contribution < -0.4 is 0 Å². The molecule has 6 heteroatoms. The average Bonchev–Trinajstić information content (AvgIpc) is 3.30. The highest BCUT2D eigenvalue weighted by atomic mass is 32.2. The number of hydrogen-bond donors (Lipinski definition) is 0. The predicted octanol–water partition coefficient (Wildman–Crippen LogP) is 5.20. The van der Waals surface area contributed by atoms with E-state index in [1.54, 1.807) is 30.3 Å². The molecule has 30 heavy (non-hydrogen) atoms. The lowest BCUT2D eigenvalue weighted by Crippen LogP contribution is -2.27. The number of aryl methyl sites for hydroxylation is 1. The predicted molar refractivity (Wildman–Crippen MR) is 118 cm³/mol. The molecular formula is C24H19N3O2S. The van der Waals surface area contributed by atoms with E-state index in [0.29, 0.717) is 16.0 Å². The summed E-state index contributed by atoms with van der Waals surface area (Å²) in [5.74, 6) is -0.341. The number of carbonyl (C=O) groups is 2. The molecule has 0 radical (unpaired) electrons. The molecule has 2 aromatic carbocycles. The second-order valence-corrected chi connectivity index (χ2v) is 8.05. The lowest BCUT2D eigenvalue weighted by Gasteiger charge is -2.13. The third-order valence-corrected chi connectivity index (χ3v) is 6.14. The van der Waals surface area contributed by atoms with Gasteiger partial charge in [-0.3, -0.25) is 14.5 Å². The maximum absolute atomic E-state index is 12.9. The molecule has 0 spiro atoms. The van der Waals surface area contributed by atoms with E-state index in [4.69, 9.17) is 0 Å². The maximum Gasteiger partial charge on any atom is 0.293 e. The van der Waals surface area contributed by atoms with Gasteiger partial charge in [0.05, 0.1) is 23.1 Å². The summed E-state index contributed by atoms with van der Waals surface area (Å²) in [5, 5.41) is 8.94. The summed E-state index contributed by atoms with van der Waals surface area (Å²) in [7, 11) is 0. The highest BCUT2D eigenvalue weighted by molar-refractivity contribution is 8.18. The minimum Gasteiger partial charge on any atom is -0.317 e. The molecule has 1 aromatic heterocycles. The summed E-state index contributed by atoms with van der Waals surface area (Å²) < 4.78 is 2.02. The van der Waals surface area contributed by atoms with E-state index in [2.05, 4.69) is 26.0 Å². The van der Waals surface area contributed by atoms with Crippen molar-refractivity contribution >= 4 is 29.0 Å². The van der Waals surface area contributed by atoms with E-state index >= 15 is 0 Å². The second kappa shape index (κ2) is 8.05. The topological polar surface area (TPSA) is 66.1 Å². The van der Waals surface area contributed by atoms with Crippen molar-refractivity contribution in [2.24, 2.45) is 0 Å². The molecule has 0 atom stereocenters. The van der Waals surface area contributed by atoms with E-state index in [-0.39, 0.29) is 17.7 Å². The summed E-state index contributed by atoms with van der Waals surface area (Å²) in [6.45, 7) is 4.21. The van der Waals surface area contributed by atoms with Gasteiger partial charge >= 0.3 is 0 Å². The molecule has 1 aliphatic rings. The lowest BCUT2D eigenvalue weighted by molar-refractivity contribution is -0.123. The fraction of sp³-hybridized carbons (Fsp3) is 0.125. The van der Waals surface area contributed by atoms with Crippen LogP contribution in [0.15, 0.2) is 65.7 Å². The Labute approximate surface area is 179 Å². The first kappa shape index (κ1) is 19.7. The van der Waals surface area contributed by atoms with E-state index in [0.717, 1.165) is 28.7 Å². The van der Waals surface area contributed by atoms with Crippen LogP contribution in [0, 0.1) is 25.2 Å². The molecule has 2 amide bonds. The quantitative estimate of drug-likeness (QED) is 0.551. The largest absolute Gasteiger partial charge is 0.317 e. The molecular weight excluding hydrogens is 394 g/mol. The Morgan fingerprint density at radius 1 is 1.03 bits per heavy atom. The van der Waals surface area contributed by atoms with Crippen molar-refractivity contribution in [2.75, 3.05) is 0 Å². The van der Waals surface area contributed by atoms with Crippen molar-refractivity contribution in [1.29, 1.82) is 5.26 Å². The normalized spacial score (nSPS) is 15.1. The first-order chi connectivity index (χ1) is 14.5. The van der Waals surface area contributed by atoms with Crippen LogP contribution in [0.25, 0.3) is 11.8 Å². The van der Waals surface area contributed by atoms with Crippen LogP contribution in [-0.2, 0) is 11.3 Å². The van der Waals surface area contributed by atoms with Crippen molar-refractivity contribution in [3.05, 3.63) is 93.6 Å². The molecule has 0 unspecified atom stereocenters. The second-order valence-electron chi connectivity index (χ2n) is 7.06. The summed E-state index contributed by atoms with van der Waals surface area (Å²) >= 11 is 0.926. The minimum absolute atomic E-state index is 0.0870. The number of benzene rings is 2. The molecule has 2 heterocycles. The molecule has 148 valence electrons. The lowest BCUT2D eigenvalue weighted by atomic mass is 10.1. The Bertz CT molecular complexity index is 1230. The van der Waals surface area contributed by atoms with Crippen LogP contribution in [0.1, 0.15) is 27.9 Å². The number of imide groups is 1. The first-order valence-corrected chi connectivity index (χ1v) is 10.3. The summed E-state index contributed by atoms with van der Waals surface area (Å²) in [4.78, 5) is 27.0. The Balaban J connectivity index is 1.65. The fourth-order valence-electron chi connectivity index (χ4n) is 3.44. The van der Waals surface area contributed by atoms with E-state index in [9.17, 15) is 14.9 Å². The molecule has 4 rings (SSSR count). The Morgan fingerprint density at radius 2 is 1.83 bits per heavy atom. The van der Waals surface area contributed by atoms with Gasteiger partial charge in [0.15, 0.2) is 0 Å². The monoisotopic (exact) mass is 413 g/mol. The van der Waals surface area contributed by atoms with Gasteiger partial charge in [0, 0.05) is 17.6 Å². The van der Waals surface area contributed by atoms with Crippen molar-refractivity contribution < 1.29 is 9.59 Å². The molecule has 3 aromatic rings. The Morgan fingerprint density at radius 3 is 2.63 bits per heavy atom. The number of amides is 2. The molecule has 0 saturated carbocycles. The SMILES string of the molecule is Cc1cccc(-n2cccc2/C=C2/SC(=O)N(Cc3ccccc3C#N)C2=O)c1C. The number of nitriles is 1. The highest BCUT2D eigenvalue weighted by Crippen LogP contribution is 2.34. The van der Waals surface area contributed by atoms with Crippen molar-refractivity contribution in [3.8, 4) is 11.8 Å². The zero-order valence-electron chi connectivity index (χ0n) is 16.6. The van der Waals surface area contributed by atoms with Gasteiger partial charge < -0.3 is 4.57 Å². The smallest absolute Gasteiger partial charge is 0.293 e. The molecule has 5 nitrogen and oxygen atoms in total. The standard InChI is InChI=1S/C24H19N3O2S/c1-16-7-5-11-21(17(16)2)26-12-6-10-20(26)13-22-23(28)27(24(29)30-22)15-19-9-4-3-8-18(19)14-25/h3-13H,15H2,1-2H3/b22-13+. The van der Waals surface area contributed by atoms with Crippen LogP contribution >= 0.6 is 11.8 Å². The van der Waals surface area contributed by atoms with E-state index in [1.165, 1.54) is 10.5 Å². The van der Waals surface area contributed by atoms with Crippen LogP contribution in [-0.4, -0.2) is 20.6 Å². The molecule has 0 bridgehead atoms. The van der Waals surface area contributed by atoms with Gasteiger partial charge in [-0.25, -0.2) is 0 Å². The number of carbonyl (C=O) groups excluding carboxylic acids is 2. The van der Waals surface area contributed by atoms with Gasteiger partial charge in [0.2, 0.25) is 0 Å². The highest BCUT2D eigenvalue weighted by Gasteiger charge is 2.35. The van der Waals surface area contributed by atoms with Crippen molar-refractivity contribution in [3.63, 3.8) is 0 Å². The molecule has 1 saturated heterocycles. The molecule has 0 N–H and O–H groups in total. The van der Waals surface area contributed by atoms with Gasteiger partial charge in [0.1, 0.15) is 0 Å². The Kier molecular flexibility index (Phi) is 5.30. The summed E-state index contributed by atoms with van der Waals surface area (Å²) in [5.41, 5.74) is 5.32. The average molecular weight is 414 g/mol. The molecule has 0 aliphatic carbocycles. The van der Waals surface area contributed by atoms with E-state index in [1.807, 2.05) is 35.0 Å². The maximum atomic E-state index is 12.9. The minimum atomic E-state index is -0.341. The summed E-state index contributed by atoms with van der Waals surface area (Å²) in [6, 6.07) is 19.0. The number of hydrogen-bond acceptors (Lipinski definition) is 4. The van der Waals surface area contributed by atoms with Gasteiger partial charge in [-0.05, 0) is 72.6 Å². The third-order valence-electron chi connectivity index (χ3n) is 5.23. The number of aromatic nitrogens is 1. The van der Waals surface area contributed by atoms with Gasteiger partial charge in [-0.1, -0.05) is 30.3 Å². The Hall–Kier alpha value is -3.56. The van der Waals surface area contributed by atoms with Crippen LogP contribution in [0.2, 0.25) is 0 Å². The van der Waals surface area contributed by atoms with Crippen LogP contribution in [0.4, 0.5) is 4.79 Å². The zero-order valence-corrected chi connectivity index (χ0v) is 17.4.